The smallest absolute Gasteiger partial charge is 0.254 e. The van der Waals surface area contributed by atoms with Gasteiger partial charge in [-0.15, -0.1) is 11.3 Å². The van der Waals surface area contributed by atoms with Crippen molar-refractivity contribution in [2.45, 2.75) is 25.8 Å². The Morgan fingerprint density at radius 2 is 1.81 bits per heavy atom. The first-order valence-corrected chi connectivity index (χ1v) is 11.2. The molecule has 1 aromatic heterocycles. The Labute approximate surface area is 185 Å². The van der Waals surface area contributed by atoms with Crippen LogP contribution in [-0.4, -0.2) is 30.3 Å². The standard InChI is InChI=1S/C25H25FN2O2S/c1-16(2)15-28-23(21-13-8-14-31-21)22(17-9-4-5-10-18(17)24(28)29)25(30)27(3)20-12-7-6-11-19(20)26/h4-14,16,22-23H,15H2,1-3H3/t22-,23+/m1/s1. The highest BCUT2D eigenvalue weighted by Crippen LogP contribution is 2.45. The summed E-state index contributed by atoms with van der Waals surface area (Å²) in [5.74, 6) is -1.16. The van der Waals surface area contributed by atoms with Crippen molar-refractivity contribution in [2.75, 3.05) is 18.5 Å². The van der Waals surface area contributed by atoms with Gasteiger partial charge in [-0.05, 0) is 41.1 Å². The van der Waals surface area contributed by atoms with Crippen LogP contribution in [-0.2, 0) is 4.79 Å². The van der Waals surface area contributed by atoms with E-state index in [0.717, 1.165) is 4.88 Å². The van der Waals surface area contributed by atoms with Crippen LogP contribution in [0.1, 0.15) is 46.6 Å². The topological polar surface area (TPSA) is 40.6 Å². The Morgan fingerprint density at radius 1 is 1.10 bits per heavy atom. The van der Waals surface area contributed by atoms with E-state index in [1.54, 1.807) is 31.3 Å². The van der Waals surface area contributed by atoms with Gasteiger partial charge in [-0.1, -0.05) is 50.2 Å². The van der Waals surface area contributed by atoms with Gasteiger partial charge in [-0.2, -0.15) is 0 Å². The van der Waals surface area contributed by atoms with E-state index < -0.39 is 17.8 Å². The lowest BCUT2D eigenvalue weighted by atomic mass is 9.80. The maximum atomic E-state index is 14.5. The van der Waals surface area contributed by atoms with Gasteiger partial charge in [-0.25, -0.2) is 4.39 Å². The molecule has 4 nitrogen and oxygen atoms in total. The van der Waals surface area contributed by atoms with E-state index in [0.29, 0.717) is 17.7 Å². The highest BCUT2D eigenvalue weighted by molar-refractivity contribution is 7.10. The van der Waals surface area contributed by atoms with Crippen molar-refractivity contribution in [2.24, 2.45) is 5.92 Å². The summed E-state index contributed by atoms with van der Waals surface area (Å²) < 4.78 is 14.5. The second-order valence-corrected chi connectivity index (χ2v) is 9.20. The van der Waals surface area contributed by atoms with Crippen molar-refractivity contribution in [3.05, 3.63) is 87.9 Å². The van der Waals surface area contributed by atoms with Gasteiger partial charge in [0.05, 0.1) is 17.6 Å². The molecule has 0 bridgehead atoms. The first-order chi connectivity index (χ1) is 14.9. The van der Waals surface area contributed by atoms with Crippen LogP contribution < -0.4 is 4.90 Å². The molecule has 1 aliphatic heterocycles. The van der Waals surface area contributed by atoms with Gasteiger partial charge in [0.2, 0.25) is 5.91 Å². The summed E-state index contributed by atoms with van der Waals surface area (Å²) in [5, 5.41) is 1.95. The maximum Gasteiger partial charge on any atom is 0.254 e. The number of carbonyl (C=O) groups is 2. The van der Waals surface area contributed by atoms with E-state index in [9.17, 15) is 14.0 Å². The number of hydrogen-bond donors (Lipinski definition) is 0. The van der Waals surface area contributed by atoms with Crippen molar-refractivity contribution in [3.8, 4) is 0 Å². The molecule has 0 aliphatic carbocycles. The van der Waals surface area contributed by atoms with Gasteiger partial charge < -0.3 is 9.80 Å². The largest absolute Gasteiger partial charge is 0.329 e. The highest BCUT2D eigenvalue weighted by atomic mass is 32.1. The zero-order valence-electron chi connectivity index (χ0n) is 17.8. The molecular weight excluding hydrogens is 411 g/mol. The van der Waals surface area contributed by atoms with Crippen molar-refractivity contribution in [1.82, 2.24) is 4.90 Å². The Balaban J connectivity index is 1.87. The molecule has 0 fully saturated rings. The minimum absolute atomic E-state index is 0.0692. The molecule has 160 valence electrons. The Morgan fingerprint density at radius 3 is 2.48 bits per heavy atom. The van der Waals surface area contributed by atoms with Crippen LogP contribution >= 0.6 is 11.3 Å². The SMILES string of the molecule is CC(C)CN1C(=O)c2ccccc2[C@@H](C(=O)N(C)c2ccccc2F)[C@@H]1c1cccs1. The summed E-state index contributed by atoms with van der Waals surface area (Å²) >= 11 is 1.53. The predicted octanol–water partition coefficient (Wildman–Crippen LogP) is 5.49. The average molecular weight is 437 g/mol. The van der Waals surface area contributed by atoms with E-state index in [1.165, 1.54) is 22.3 Å². The molecule has 0 N–H and O–H groups in total. The first kappa shape index (κ1) is 21.2. The number of carbonyl (C=O) groups excluding carboxylic acids is 2. The molecule has 0 unspecified atom stereocenters. The molecule has 2 aromatic carbocycles. The number of likely N-dealkylation sites (N-methyl/N-ethyl adjacent to an activating group) is 1. The number of nitrogens with zero attached hydrogens (tertiary/aromatic N) is 2. The Hall–Kier alpha value is -2.99. The number of rotatable bonds is 5. The maximum absolute atomic E-state index is 14.5. The van der Waals surface area contributed by atoms with E-state index >= 15 is 0 Å². The minimum atomic E-state index is -0.629. The van der Waals surface area contributed by atoms with Gasteiger partial charge in [-0.3, -0.25) is 9.59 Å². The predicted molar refractivity (Wildman–Crippen MR) is 122 cm³/mol. The fourth-order valence-electron chi connectivity index (χ4n) is 4.28. The van der Waals surface area contributed by atoms with Crippen LogP contribution in [0.3, 0.4) is 0 Å². The Bertz CT molecular complexity index is 1100. The monoisotopic (exact) mass is 436 g/mol. The van der Waals surface area contributed by atoms with E-state index in [-0.39, 0.29) is 23.4 Å². The number of benzene rings is 2. The summed E-state index contributed by atoms with van der Waals surface area (Å²) in [6.45, 7) is 4.64. The first-order valence-electron chi connectivity index (χ1n) is 10.4. The van der Waals surface area contributed by atoms with Gasteiger partial charge in [0, 0.05) is 24.0 Å². The summed E-state index contributed by atoms with van der Waals surface area (Å²) in [6, 6.07) is 17.0. The van der Waals surface area contributed by atoms with Crippen LogP contribution in [0.5, 0.6) is 0 Å². The average Bonchev–Trinajstić information content (AvgIpc) is 3.29. The second kappa shape index (κ2) is 8.63. The third-order valence-corrected chi connectivity index (χ3v) is 6.59. The minimum Gasteiger partial charge on any atom is -0.329 e. The fourth-order valence-corrected chi connectivity index (χ4v) is 5.15. The molecule has 2 heterocycles. The fraction of sp³-hybridized carbons (Fsp3) is 0.280. The number of anilines is 1. The summed E-state index contributed by atoms with van der Waals surface area (Å²) in [4.78, 5) is 31.5. The molecule has 0 saturated carbocycles. The number of hydrogen-bond acceptors (Lipinski definition) is 3. The molecule has 0 spiro atoms. The highest BCUT2D eigenvalue weighted by Gasteiger charge is 2.45. The molecule has 1 aliphatic rings. The summed E-state index contributed by atoms with van der Waals surface area (Å²) in [6.07, 6.45) is 0. The lowest BCUT2D eigenvalue weighted by molar-refractivity contribution is -0.121. The van der Waals surface area contributed by atoms with Gasteiger partial charge in [0.1, 0.15) is 5.82 Å². The molecule has 0 radical (unpaired) electrons. The molecular formula is C25H25FN2O2S. The van der Waals surface area contributed by atoms with Crippen molar-refractivity contribution in [1.29, 1.82) is 0 Å². The summed E-state index contributed by atoms with van der Waals surface area (Å²) in [7, 11) is 1.60. The number of para-hydroxylation sites is 1. The zero-order chi connectivity index (χ0) is 22.1. The summed E-state index contributed by atoms with van der Waals surface area (Å²) in [5.41, 5.74) is 1.46. The van der Waals surface area contributed by atoms with Gasteiger partial charge in [0.25, 0.3) is 5.91 Å². The van der Waals surface area contributed by atoms with Crippen LogP contribution in [0.15, 0.2) is 66.0 Å². The van der Waals surface area contributed by atoms with Crippen molar-refractivity contribution >= 4 is 28.8 Å². The Kier molecular flexibility index (Phi) is 5.92. The van der Waals surface area contributed by atoms with Gasteiger partial charge >= 0.3 is 0 Å². The van der Waals surface area contributed by atoms with Crippen LogP contribution in [0.2, 0.25) is 0 Å². The van der Waals surface area contributed by atoms with E-state index in [1.807, 2.05) is 40.6 Å². The molecule has 4 rings (SSSR count). The van der Waals surface area contributed by atoms with E-state index in [4.69, 9.17) is 0 Å². The second-order valence-electron chi connectivity index (χ2n) is 8.23. The molecule has 31 heavy (non-hydrogen) atoms. The number of amides is 2. The normalized spacial score (nSPS) is 18.2. The molecule has 0 saturated heterocycles. The third-order valence-electron chi connectivity index (χ3n) is 5.65. The lowest BCUT2D eigenvalue weighted by Crippen LogP contribution is -2.48. The number of fused-ring (bicyclic) bond motifs is 1. The lowest BCUT2D eigenvalue weighted by Gasteiger charge is -2.43. The van der Waals surface area contributed by atoms with Gasteiger partial charge in [0.15, 0.2) is 0 Å². The number of thiophene rings is 1. The molecule has 6 heteroatoms. The van der Waals surface area contributed by atoms with Crippen LogP contribution in [0, 0.1) is 11.7 Å². The molecule has 2 atom stereocenters. The van der Waals surface area contributed by atoms with Crippen LogP contribution in [0.4, 0.5) is 10.1 Å². The van der Waals surface area contributed by atoms with Crippen molar-refractivity contribution < 1.29 is 14.0 Å². The third kappa shape index (κ3) is 3.88. The molecule has 2 amide bonds. The van der Waals surface area contributed by atoms with Crippen LogP contribution in [0.25, 0.3) is 0 Å². The molecule has 3 aromatic rings. The number of halogens is 1. The van der Waals surface area contributed by atoms with E-state index in [2.05, 4.69) is 13.8 Å². The van der Waals surface area contributed by atoms with Crippen molar-refractivity contribution in [3.63, 3.8) is 0 Å². The zero-order valence-corrected chi connectivity index (χ0v) is 18.6. The quantitative estimate of drug-likeness (QED) is 0.531.